The van der Waals surface area contributed by atoms with E-state index in [4.69, 9.17) is 9.84 Å². The SMILES string of the molecule is CCNC(CC)(CO)CCCOc1ccc(CCO)cc1. The Kier molecular flexibility index (Phi) is 8.35. The summed E-state index contributed by atoms with van der Waals surface area (Å²) in [4.78, 5) is 0. The minimum atomic E-state index is -0.177. The summed E-state index contributed by atoms with van der Waals surface area (Å²) in [7, 11) is 0. The molecule has 4 nitrogen and oxygen atoms in total. The van der Waals surface area contributed by atoms with E-state index in [0.717, 1.165) is 37.1 Å². The topological polar surface area (TPSA) is 61.7 Å². The number of nitrogens with one attached hydrogen (secondary N) is 1. The Labute approximate surface area is 128 Å². The fourth-order valence-corrected chi connectivity index (χ4v) is 2.49. The Morgan fingerprint density at radius 2 is 1.86 bits per heavy atom. The summed E-state index contributed by atoms with van der Waals surface area (Å²) in [5, 5.41) is 21.8. The first kappa shape index (κ1) is 18.0. The van der Waals surface area contributed by atoms with Crippen molar-refractivity contribution in [2.75, 3.05) is 26.4 Å². The van der Waals surface area contributed by atoms with Gasteiger partial charge in [-0.2, -0.15) is 0 Å². The molecule has 21 heavy (non-hydrogen) atoms. The average Bonchev–Trinajstić information content (AvgIpc) is 2.52. The van der Waals surface area contributed by atoms with Gasteiger partial charge in [-0.1, -0.05) is 26.0 Å². The molecule has 0 bridgehead atoms. The maximum atomic E-state index is 9.58. The molecule has 4 heteroatoms. The Morgan fingerprint density at radius 3 is 2.38 bits per heavy atom. The molecule has 0 aliphatic carbocycles. The quantitative estimate of drug-likeness (QED) is 0.547. The van der Waals surface area contributed by atoms with Gasteiger partial charge in [-0.25, -0.2) is 0 Å². The first-order valence-electron chi connectivity index (χ1n) is 7.88. The molecule has 0 amide bonds. The zero-order valence-electron chi connectivity index (χ0n) is 13.3. The van der Waals surface area contributed by atoms with Crippen molar-refractivity contribution in [3.8, 4) is 5.75 Å². The van der Waals surface area contributed by atoms with Gasteiger partial charge in [0.05, 0.1) is 13.2 Å². The fraction of sp³-hybridized carbons (Fsp3) is 0.647. The number of aliphatic hydroxyl groups is 2. The number of benzene rings is 1. The van der Waals surface area contributed by atoms with E-state index in [1.54, 1.807) is 0 Å². The van der Waals surface area contributed by atoms with Gasteiger partial charge in [0.1, 0.15) is 5.75 Å². The van der Waals surface area contributed by atoms with Crippen molar-refractivity contribution >= 4 is 0 Å². The van der Waals surface area contributed by atoms with E-state index in [0.29, 0.717) is 13.0 Å². The van der Waals surface area contributed by atoms with Gasteiger partial charge < -0.3 is 20.3 Å². The fourth-order valence-electron chi connectivity index (χ4n) is 2.49. The van der Waals surface area contributed by atoms with Crippen molar-refractivity contribution in [2.24, 2.45) is 0 Å². The monoisotopic (exact) mass is 295 g/mol. The number of hydrogen-bond acceptors (Lipinski definition) is 4. The Morgan fingerprint density at radius 1 is 1.14 bits per heavy atom. The van der Waals surface area contributed by atoms with Crippen LogP contribution in [0.4, 0.5) is 0 Å². The molecule has 0 fully saturated rings. The highest BCUT2D eigenvalue weighted by Gasteiger charge is 2.25. The standard InChI is InChI=1S/C17H29NO3/c1-3-17(14-20,18-4-2)11-5-13-21-16-8-6-15(7-9-16)10-12-19/h6-9,18-20H,3-5,10-14H2,1-2H3. The van der Waals surface area contributed by atoms with Crippen LogP contribution in [0.25, 0.3) is 0 Å². The molecule has 0 aliphatic heterocycles. The molecule has 1 unspecified atom stereocenters. The molecule has 1 atom stereocenters. The first-order valence-corrected chi connectivity index (χ1v) is 7.88. The van der Waals surface area contributed by atoms with Crippen LogP contribution in [-0.2, 0) is 6.42 Å². The Bertz CT molecular complexity index is 374. The lowest BCUT2D eigenvalue weighted by atomic mass is 9.91. The number of ether oxygens (including phenoxy) is 1. The van der Waals surface area contributed by atoms with E-state index >= 15 is 0 Å². The Balaban J connectivity index is 2.35. The second-order valence-corrected chi connectivity index (χ2v) is 5.39. The molecular formula is C17H29NO3. The Hall–Kier alpha value is -1.10. The van der Waals surface area contributed by atoms with Crippen molar-refractivity contribution in [3.05, 3.63) is 29.8 Å². The van der Waals surface area contributed by atoms with Gasteiger partial charge in [0, 0.05) is 12.1 Å². The maximum absolute atomic E-state index is 9.58. The lowest BCUT2D eigenvalue weighted by Crippen LogP contribution is -2.48. The van der Waals surface area contributed by atoms with Gasteiger partial charge in [0.15, 0.2) is 0 Å². The molecule has 1 rings (SSSR count). The summed E-state index contributed by atoms with van der Waals surface area (Å²) < 4.78 is 5.73. The number of aliphatic hydroxyl groups excluding tert-OH is 2. The van der Waals surface area contributed by atoms with E-state index in [1.165, 1.54) is 0 Å². The van der Waals surface area contributed by atoms with Crippen LogP contribution in [0, 0.1) is 0 Å². The average molecular weight is 295 g/mol. The molecule has 0 saturated heterocycles. The highest BCUT2D eigenvalue weighted by atomic mass is 16.5. The highest BCUT2D eigenvalue weighted by molar-refractivity contribution is 5.27. The molecule has 0 spiro atoms. The molecule has 0 aliphatic rings. The molecule has 1 aromatic rings. The summed E-state index contributed by atoms with van der Waals surface area (Å²) in [6, 6.07) is 7.84. The maximum Gasteiger partial charge on any atom is 0.119 e. The van der Waals surface area contributed by atoms with E-state index in [9.17, 15) is 5.11 Å². The van der Waals surface area contributed by atoms with Crippen molar-refractivity contribution < 1.29 is 14.9 Å². The number of rotatable bonds is 11. The first-order chi connectivity index (χ1) is 10.2. The van der Waals surface area contributed by atoms with Crippen LogP contribution in [0.2, 0.25) is 0 Å². The largest absolute Gasteiger partial charge is 0.494 e. The third-order valence-electron chi connectivity index (χ3n) is 3.92. The van der Waals surface area contributed by atoms with Gasteiger partial charge in [-0.3, -0.25) is 0 Å². The molecule has 0 aromatic heterocycles. The van der Waals surface area contributed by atoms with Gasteiger partial charge >= 0.3 is 0 Å². The molecule has 0 radical (unpaired) electrons. The van der Waals surface area contributed by atoms with E-state index in [1.807, 2.05) is 24.3 Å². The molecular weight excluding hydrogens is 266 g/mol. The van der Waals surface area contributed by atoms with Crippen LogP contribution in [0.1, 0.15) is 38.7 Å². The molecule has 120 valence electrons. The predicted octanol–water partition coefficient (Wildman–Crippen LogP) is 2.13. The molecule has 3 N–H and O–H groups in total. The lowest BCUT2D eigenvalue weighted by Gasteiger charge is -2.31. The van der Waals surface area contributed by atoms with Gasteiger partial charge in [-0.05, 0) is 49.9 Å². The van der Waals surface area contributed by atoms with Crippen LogP contribution in [-0.4, -0.2) is 42.1 Å². The molecule has 0 heterocycles. The van der Waals surface area contributed by atoms with E-state index in [-0.39, 0.29) is 18.8 Å². The van der Waals surface area contributed by atoms with Crippen molar-refractivity contribution in [1.82, 2.24) is 5.32 Å². The van der Waals surface area contributed by atoms with E-state index in [2.05, 4.69) is 19.2 Å². The summed E-state index contributed by atoms with van der Waals surface area (Å²) >= 11 is 0. The van der Waals surface area contributed by atoms with Crippen LogP contribution in [0.5, 0.6) is 5.75 Å². The summed E-state index contributed by atoms with van der Waals surface area (Å²) in [5.74, 6) is 0.853. The highest BCUT2D eigenvalue weighted by Crippen LogP contribution is 2.18. The number of likely N-dealkylation sites (N-methyl/N-ethyl adjacent to an activating group) is 1. The van der Waals surface area contributed by atoms with Crippen molar-refractivity contribution in [1.29, 1.82) is 0 Å². The van der Waals surface area contributed by atoms with Crippen molar-refractivity contribution in [3.63, 3.8) is 0 Å². The smallest absolute Gasteiger partial charge is 0.119 e. The van der Waals surface area contributed by atoms with Gasteiger partial charge in [0.2, 0.25) is 0 Å². The summed E-state index contributed by atoms with van der Waals surface area (Å²) in [6.07, 6.45) is 3.39. The molecule has 0 saturated carbocycles. The lowest BCUT2D eigenvalue weighted by molar-refractivity contribution is 0.139. The minimum Gasteiger partial charge on any atom is -0.494 e. The van der Waals surface area contributed by atoms with Crippen LogP contribution in [0.3, 0.4) is 0 Å². The molecule has 1 aromatic carbocycles. The van der Waals surface area contributed by atoms with Crippen LogP contribution < -0.4 is 10.1 Å². The summed E-state index contributed by atoms with van der Waals surface area (Å²) in [6.45, 7) is 6.00. The number of hydrogen-bond donors (Lipinski definition) is 3. The zero-order valence-corrected chi connectivity index (χ0v) is 13.3. The van der Waals surface area contributed by atoms with Crippen LogP contribution >= 0.6 is 0 Å². The van der Waals surface area contributed by atoms with Gasteiger partial charge in [0.25, 0.3) is 0 Å². The summed E-state index contributed by atoms with van der Waals surface area (Å²) in [5.41, 5.74) is 0.936. The third kappa shape index (κ3) is 6.04. The van der Waals surface area contributed by atoms with E-state index < -0.39 is 0 Å². The second-order valence-electron chi connectivity index (χ2n) is 5.39. The normalized spacial score (nSPS) is 13.9. The minimum absolute atomic E-state index is 0.160. The van der Waals surface area contributed by atoms with Crippen molar-refractivity contribution in [2.45, 2.75) is 45.1 Å². The van der Waals surface area contributed by atoms with Gasteiger partial charge in [-0.15, -0.1) is 0 Å². The zero-order chi connectivity index (χ0) is 15.6. The second kappa shape index (κ2) is 9.77. The third-order valence-corrected chi connectivity index (χ3v) is 3.92. The predicted molar refractivity (Wildman–Crippen MR) is 85.7 cm³/mol. The van der Waals surface area contributed by atoms with Crippen LogP contribution in [0.15, 0.2) is 24.3 Å².